The summed E-state index contributed by atoms with van der Waals surface area (Å²) in [6.45, 7) is 4.94. The topological polar surface area (TPSA) is 86.8 Å². The maximum absolute atomic E-state index is 14.2. The number of benzene rings is 3. The molecule has 1 fully saturated rings. The van der Waals surface area contributed by atoms with Crippen molar-refractivity contribution >= 4 is 50.7 Å². The summed E-state index contributed by atoms with van der Waals surface area (Å²) < 4.78 is 29.1. The summed E-state index contributed by atoms with van der Waals surface area (Å²) in [7, 11) is -4.13. The van der Waals surface area contributed by atoms with Crippen LogP contribution in [0.5, 0.6) is 0 Å². The molecule has 3 aromatic rings. The molecule has 1 N–H and O–H groups in total. The number of amides is 2. The summed E-state index contributed by atoms with van der Waals surface area (Å²) in [6, 6.07) is 17.6. The number of carbonyl (C=O) groups is 2. The molecule has 2 amide bonds. The summed E-state index contributed by atoms with van der Waals surface area (Å²) in [4.78, 5) is 29.1. The number of carbonyl (C=O) groups excluding carboxylic acids is 2. The Hall–Kier alpha value is -3.07. The van der Waals surface area contributed by atoms with Crippen molar-refractivity contribution in [2.75, 3.05) is 10.8 Å². The highest BCUT2D eigenvalue weighted by Gasteiger charge is 2.34. The maximum Gasteiger partial charge on any atom is 0.264 e. The zero-order valence-corrected chi connectivity index (χ0v) is 26.5. The van der Waals surface area contributed by atoms with Gasteiger partial charge >= 0.3 is 0 Å². The second kappa shape index (κ2) is 13.9. The van der Waals surface area contributed by atoms with Gasteiger partial charge in [0.05, 0.1) is 20.6 Å². The summed E-state index contributed by atoms with van der Waals surface area (Å²) in [5, 5.41) is 3.80. The van der Waals surface area contributed by atoms with Crippen LogP contribution < -0.4 is 9.62 Å². The number of rotatable bonds is 10. The first kappa shape index (κ1) is 31.9. The predicted octanol–water partition coefficient (Wildman–Crippen LogP) is 6.67. The van der Waals surface area contributed by atoms with Gasteiger partial charge in [0.2, 0.25) is 11.8 Å². The fourth-order valence-corrected chi connectivity index (χ4v) is 7.04. The SMILES string of the molecule is Cc1cccc(N(CC(=O)N(Cc2ccc(Cl)c(Cl)c2)[C@H](C)C(=O)NC2CCCCC2)S(=O)(=O)c2ccccc2)c1C. The number of nitrogens with zero attached hydrogens (tertiary/aromatic N) is 2. The molecule has 1 aliphatic carbocycles. The maximum atomic E-state index is 14.2. The molecule has 1 aliphatic rings. The lowest BCUT2D eigenvalue weighted by Crippen LogP contribution is -2.53. The van der Waals surface area contributed by atoms with E-state index in [1.54, 1.807) is 55.5 Å². The van der Waals surface area contributed by atoms with Crippen LogP contribution in [0.25, 0.3) is 0 Å². The summed E-state index contributed by atoms with van der Waals surface area (Å²) in [5.74, 6) is -0.799. The van der Waals surface area contributed by atoms with Crippen LogP contribution in [0.1, 0.15) is 55.7 Å². The van der Waals surface area contributed by atoms with Gasteiger partial charge in [0.1, 0.15) is 12.6 Å². The molecule has 224 valence electrons. The normalized spacial score (nSPS) is 14.7. The van der Waals surface area contributed by atoms with E-state index in [0.29, 0.717) is 21.3 Å². The van der Waals surface area contributed by atoms with Crippen LogP contribution in [0, 0.1) is 13.8 Å². The van der Waals surface area contributed by atoms with Crippen LogP contribution in [0.15, 0.2) is 71.6 Å². The number of hydrogen-bond donors (Lipinski definition) is 1. The molecule has 0 aliphatic heterocycles. The third-order valence-corrected chi connectivity index (χ3v) is 10.4. The lowest BCUT2D eigenvalue weighted by molar-refractivity contribution is -0.139. The minimum Gasteiger partial charge on any atom is -0.352 e. The Labute approximate surface area is 258 Å². The van der Waals surface area contributed by atoms with Crippen LogP contribution in [-0.2, 0) is 26.2 Å². The van der Waals surface area contributed by atoms with Gasteiger partial charge in [0.15, 0.2) is 0 Å². The number of anilines is 1. The van der Waals surface area contributed by atoms with E-state index in [-0.39, 0.29) is 23.4 Å². The summed E-state index contributed by atoms with van der Waals surface area (Å²) in [5.41, 5.74) is 2.70. The number of aryl methyl sites for hydroxylation is 1. The molecule has 0 bridgehead atoms. The van der Waals surface area contributed by atoms with Gasteiger partial charge in [-0.2, -0.15) is 0 Å². The molecule has 0 spiro atoms. The number of hydrogen-bond acceptors (Lipinski definition) is 4. The van der Waals surface area contributed by atoms with Gasteiger partial charge in [-0.3, -0.25) is 13.9 Å². The van der Waals surface area contributed by atoms with Crippen molar-refractivity contribution in [2.24, 2.45) is 0 Å². The van der Waals surface area contributed by atoms with Crippen molar-refractivity contribution < 1.29 is 18.0 Å². The molecular formula is C32H37Cl2N3O4S. The molecule has 1 atom stereocenters. The molecule has 10 heteroatoms. The van der Waals surface area contributed by atoms with Crippen molar-refractivity contribution in [2.45, 2.75) is 76.4 Å². The second-order valence-electron chi connectivity index (χ2n) is 10.8. The molecule has 0 unspecified atom stereocenters. The number of halogens is 2. The van der Waals surface area contributed by atoms with E-state index in [9.17, 15) is 18.0 Å². The number of sulfonamides is 1. The predicted molar refractivity (Wildman–Crippen MR) is 168 cm³/mol. The van der Waals surface area contributed by atoms with Crippen molar-refractivity contribution in [3.8, 4) is 0 Å². The highest BCUT2D eigenvalue weighted by atomic mass is 35.5. The standard InChI is InChI=1S/C32H37Cl2N3O4S/c1-22-11-10-16-30(23(22)2)37(42(40,41)27-14-8-5-9-15-27)21-31(38)36(20-25-17-18-28(33)29(34)19-25)24(3)32(39)35-26-12-6-4-7-13-26/h5,8-11,14-19,24,26H,4,6-7,12-13,20-21H2,1-3H3,(H,35,39)/t24-/m1/s1. The van der Waals surface area contributed by atoms with E-state index in [4.69, 9.17) is 23.2 Å². The molecule has 0 aromatic heterocycles. The highest BCUT2D eigenvalue weighted by molar-refractivity contribution is 7.92. The molecular weight excluding hydrogens is 593 g/mol. The Morgan fingerprint density at radius 1 is 0.929 bits per heavy atom. The van der Waals surface area contributed by atoms with Crippen LogP contribution in [0.2, 0.25) is 10.0 Å². The van der Waals surface area contributed by atoms with Crippen molar-refractivity contribution in [1.29, 1.82) is 0 Å². The molecule has 0 saturated heterocycles. The highest BCUT2D eigenvalue weighted by Crippen LogP contribution is 2.30. The zero-order valence-electron chi connectivity index (χ0n) is 24.1. The van der Waals surface area contributed by atoms with Crippen LogP contribution in [0.3, 0.4) is 0 Å². The van der Waals surface area contributed by atoms with Gasteiger partial charge < -0.3 is 10.2 Å². The molecule has 1 saturated carbocycles. The largest absolute Gasteiger partial charge is 0.352 e. The molecule has 3 aromatic carbocycles. The molecule has 7 nitrogen and oxygen atoms in total. The average Bonchev–Trinajstić information content (AvgIpc) is 2.98. The first-order chi connectivity index (χ1) is 20.0. The van der Waals surface area contributed by atoms with Gasteiger partial charge in [-0.25, -0.2) is 8.42 Å². The lowest BCUT2D eigenvalue weighted by atomic mass is 9.95. The fraction of sp³-hybridized carbons (Fsp3) is 0.375. The minimum atomic E-state index is -4.13. The van der Waals surface area contributed by atoms with E-state index in [2.05, 4.69) is 5.32 Å². The Morgan fingerprint density at radius 2 is 1.62 bits per heavy atom. The van der Waals surface area contributed by atoms with E-state index in [1.165, 1.54) is 17.0 Å². The Balaban J connectivity index is 1.71. The monoisotopic (exact) mass is 629 g/mol. The van der Waals surface area contributed by atoms with Crippen LogP contribution in [0.4, 0.5) is 5.69 Å². The first-order valence-electron chi connectivity index (χ1n) is 14.2. The molecule has 4 rings (SSSR count). The average molecular weight is 631 g/mol. The van der Waals surface area contributed by atoms with Crippen molar-refractivity contribution in [3.63, 3.8) is 0 Å². The van der Waals surface area contributed by atoms with Gasteiger partial charge in [0, 0.05) is 12.6 Å². The summed E-state index contributed by atoms with van der Waals surface area (Å²) >= 11 is 12.4. The molecule has 0 heterocycles. The van der Waals surface area contributed by atoms with E-state index in [1.807, 2.05) is 19.9 Å². The van der Waals surface area contributed by atoms with E-state index in [0.717, 1.165) is 47.5 Å². The molecule has 42 heavy (non-hydrogen) atoms. The van der Waals surface area contributed by atoms with Crippen molar-refractivity contribution in [1.82, 2.24) is 10.2 Å². The second-order valence-corrected chi connectivity index (χ2v) is 13.5. The van der Waals surface area contributed by atoms with E-state index >= 15 is 0 Å². The quantitative estimate of drug-likeness (QED) is 0.271. The minimum absolute atomic E-state index is 0.0427. The van der Waals surface area contributed by atoms with Crippen LogP contribution in [-0.4, -0.2) is 43.8 Å². The number of nitrogens with one attached hydrogen (secondary N) is 1. The van der Waals surface area contributed by atoms with Gasteiger partial charge in [-0.15, -0.1) is 0 Å². The van der Waals surface area contributed by atoms with Crippen LogP contribution >= 0.6 is 23.2 Å². The third kappa shape index (κ3) is 7.46. The van der Waals surface area contributed by atoms with Gasteiger partial charge in [0.25, 0.3) is 10.0 Å². The van der Waals surface area contributed by atoms with E-state index < -0.39 is 28.5 Å². The summed E-state index contributed by atoms with van der Waals surface area (Å²) in [6.07, 6.45) is 5.04. The fourth-order valence-electron chi connectivity index (χ4n) is 5.22. The molecule has 0 radical (unpaired) electrons. The third-order valence-electron chi connectivity index (χ3n) is 7.91. The Bertz CT molecular complexity index is 1530. The van der Waals surface area contributed by atoms with Gasteiger partial charge in [-0.1, -0.05) is 78.9 Å². The Morgan fingerprint density at radius 3 is 2.29 bits per heavy atom. The first-order valence-corrected chi connectivity index (χ1v) is 16.4. The zero-order chi connectivity index (χ0) is 30.4. The van der Waals surface area contributed by atoms with Crippen molar-refractivity contribution in [3.05, 3.63) is 93.5 Å². The smallest absolute Gasteiger partial charge is 0.264 e. The van der Waals surface area contributed by atoms with Gasteiger partial charge in [-0.05, 0) is 80.6 Å². The Kier molecular flexibility index (Phi) is 10.6. The lowest BCUT2D eigenvalue weighted by Gasteiger charge is -2.33.